The molecule has 10 heavy (non-hydrogen) atoms. The fourth-order valence-electron chi connectivity index (χ4n) is 0.552. The number of rotatable bonds is 2. The maximum Gasteiger partial charge on any atom is 0.0353 e. The van der Waals surface area contributed by atoms with Crippen LogP contribution in [0.4, 0.5) is 0 Å². The number of hydrogen-bond acceptors (Lipinski definition) is 0. The van der Waals surface area contributed by atoms with Crippen LogP contribution in [-0.2, 0) is 0 Å². The van der Waals surface area contributed by atoms with Crippen molar-refractivity contribution < 1.29 is 0 Å². The largest absolute Gasteiger partial charge is 0.0876 e. The van der Waals surface area contributed by atoms with Gasteiger partial charge in [-0.3, -0.25) is 0 Å². The first-order valence-corrected chi connectivity index (χ1v) is 4.27. The zero-order valence-electron chi connectivity index (χ0n) is 6.91. The summed E-state index contributed by atoms with van der Waals surface area (Å²) < 4.78 is 0. The van der Waals surface area contributed by atoms with Crippen LogP contribution < -0.4 is 0 Å². The van der Waals surface area contributed by atoms with Gasteiger partial charge in [0.2, 0.25) is 0 Å². The molecule has 0 aliphatic rings. The second-order valence-corrected chi connectivity index (χ2v) is 3.82. The van der Waals surface area contributed by atoms with E-state index >= 15 is 0 Å². The topological polar surface area (TPSA) is 0 Å². The van der Waals surface area contributed by atoms with E-state index in [0.717, 1.165) is 10.1 Å². The molecule has 0 nitrogen and oxygen atoms in total. The second-order valence-electron chi connectivity index (χ2n) is 3.01. The first kappa shape index (κ1) is 10.3. The van der Waals surface area contributed by atoms with E-state index in [2.05, 4.69) is 0 Å². The molecule has 0 fully saturated rings. The lowest BCUT2D eigenvalue weighted by Crippen LogP contribution is -1.94. The van der Waals surface area contributed by atoms with E-state index < -0.39 is 0 Å². The molecule has 2 heteroatoms. The summed E-state index contributed by atoms with van der Waals surface area (Å²) in [5.41, 5.74) is 0. The van der Waals surface area contributed by atoms with Crippen molar-refractivity contribution >= 4 is 23.2 Å². The fraction of sp³-hybridized carbons (Fsp3) is 0.750. The number of halogens is 2. The summed E-state index contributed by atoms with van der Waals surface area (Å²) in [6.07, 6.45) is 0. The molecule has 0 atom stereocenters. The van der Waals surface area contributed by atoms with Gasteiger partial charge in [0, 0.05) is 10.1 Å². The van der Waals surface area contributed by atoms with Gasteiger partial charge in [-0.15, -0.1) is 0 Å². The van der Waals surface area contributed by atoms with Crippen molar-refractivity contribution in [3.63, 3.8) is 0 Å². The summed E-state index contributed by atoms with van der Waals surface area (Å²) in [5, 5.41) is 1.58. The zero-order chi connectivity index (χ0) is 8.31. The zero-order valence-corrected chi connectivity index (χ0v) is 8.42. The first-order valence-electron chi connectivity index (χ1n) is 3.51. The SMILES string of the molecule is CC(C)/C(Cl)=C(\Cl)C(C)C. The number of allylic oxidation sites excluding steroid dienone is 2. The predicted molar refractivity (Wildman–Crippen MR) is 48.4 cm³/mol. The van der Waals surface area contributed by atoms with E-state index in [4.69, 9.17) is 23.2 Å². The molecule has 0 aromatic heterocycles. The lowest BCUT2D eigenvalue weighted by Gasteiger charge is -2.09. The van der Waals surface area contributed by atoms with Crippen molar-refractivity contribution in [2.45, 2.75) is 27.7 Å². The fourth-order valence-corrected chi connectivity index (χ4v) is 0.988. The average Bonchev–Trinajstić information content (AvgIpc) is 1.84. The third-order valence-electron chi connectivity index (χ3n) is 1.24. The summed E-state index contributed by atoms with van der Waals surface area (Å²) in [6, 6.07) is 0. The highest BCUT2D eigenvalue weighted by Crippen LogP contribution is 2.27. The Hall–Kier alpha value is 0.320. The predicted octanol–water partition coefficient (Wildman–Crippen LogP) is 3.99. The van der Waals surface area contributed by atoms with Crippen molar-refractivity contribution in [2.24, 2.45) is 11.8 Å². The van der Waals surface area contributed by atoms with E-state index in [1.807, 2.05) is 27.7 Å². The van der Waals surface area contributed by atoms with Crippen LogP contribution in [0.25, 0.3) is 0 Å². The van der Waals surface area contributed by atoms with Gasteiger partial charge in [-0.2, -0.15) is 0 Å². The summed E-state index contributed by atoms with van der Waals surface area (Å²) in [6.45, 7) is 8.14. The highest BCUT2D eigenvalue weighted by molar-refractivity contribution is 6.39. The van der Waals surface area contributed by atoms with Gasteiger partial charge in [-0.1, -0.05) is 50.9 Å². The van der Waals surface area contributed by atoms with Crippen LogP contribution in [0.15, 0.2) is 10.1 Å². The van der Waals surface area contributed by atoms with Crippen LogP contribution in [0.2, 0.25) is 0 Å². The molecule has 0 aliphatic heterocycles. The molecule has 0 saturated heterocycles. The molecule has 0 amide bonds. The van der Waals surface area contributed by atoms with Gasteiger partial charge in [0.1, 0.15) is 0 Å². The standard InChI is InChI=1S/C8H14Cl2/c1-5(2)7(9)8(10)6(3)4/h5-6H,1-4H3/b8-7+. The van der Waals surface area contributed by atoms with Gasteiger partial charge in [-0.25, -0.2) is 0 Å². The molecule has 0 heterocycles. The van der Waals surface area contributed by atoms with Gasteiger partial charge in [0.05, 0.1) is 0 Å². The molecule has 0 unspecified atom stereocenters. The smallest absolute Gasteiger partial charge is 0.0353 e. The lowest BCUT2D eigenvalue weighted by atomic mass is 10.1. The molecular weight excluding hydrogens is 167 g/mol. The Balaban J connectivity index is 4.34. The quantitative estimate of drug-likeness (QED) is 0.604. The maximum absolute atomic E-state index is 5.91. The molecule has 0 spiro atoms. The Morgan fingerprint density at radius 2 is 1.00 bits per heavy atom. The maximum atomic E-state index is 5.91. The van der Waals surface area contributed by atoms with Crippen LogP contribution in [-0.4, -0.2) is 0 Å². The molecule has 0 rings (SSSR count). The minimum atomic E-state index is 0.344. The van der Waals surface area contributed by atoms with Crippen LogP contribution in [0.3, 0.4) is 0 Å². The highest BCUT2D eigenvalue weighted by atomic mass is 35.5. The van der Waals surface area contributed by atoms with Crippen molar-refractivity contribution in [1.29, 1.82) is 0 Å². The first-order chi connectivity index (χ1) is 4.46. The monoisotopic (exact) mass is 180 g/mol. The van der Waals surface area contributed by atoms with Crippen molar-refractivity contribution in [2.75, 3.05) is 0 Å². The van der Waals surface area contributed by atoms with Crippen molar-refractivity contribution in [3.05, 3.63) is 10.1 Å². The van der Waals surface area contributed by atoms with Crippen LogP contribution in [0.1, 0.15) is 27.7 Å². The second kappa shape index (κ2) is 4.25. The highest BCUT2D eigenvalue weighted by Gasteiger charge is 2.08. The molecule has 0 aromatic rings. The molecule has 0 aliphatic carbocycles. The van der Waals surface area contributed by atoms with E-state index in [9.17, 15) is 0 Å². The van der Waals surface area contributed by atoms with Crippen LogP contribution >= 0.6 is 23.2 Å². The van der Waals surface area contributed by atoms with Gasteiger partial charge in [0.15, 0.2) is 0 Å². The lowest BCUT2D eigenvalue weighted by molar-refractivity contribution is 0.753. The summed E-state index contributed by atoms with van der Waals surface area (Å²) >= 11 is 11.8. The van der Waals surface area contributed by atoms with E-state index in [1.54, 1.807) is 0 Å². The molecule has 0 N–H and O–H groups in total. The Labute approximate surface area is 73.2 Å². The summed E-state index contributed by atoms with van der Waals surface area (Å²) in [7, 11) is 0. The van der Waals surface area contributed by atoms with Gasteiger partial charge >= 0.3 is 0 Å². The third kappa shape index (κ3) is 2.94. The van der Waals surface area contributed by atoms with Crippen LogP contribution in [0.5, 0.6) is 0 Å². The molecule has 0 radical (unpaired) electrons. The average molecular weight is 181 g/mol. The molecule has 0 aromatic carbocycles. The summed E-state index contributed by atoms with van der Waals surface area (Å²) in [5.74, 6) is 0.688. The third-order valence-corrected chi connectivity index (χ3v) is 2.62. The Morgan fingerprint density at radius 3 is 1.10 bits per heavy atom. The van der Waals surface area contributed by atoms with Crippen molar-refractivity contribution in [1.82, 2.24) is 0 Å². The van der Waals surface area contributed by atoms with Crippen molar-refractivity contribution in [3.8, 4) is 0 Å². The van der Waals surface area contributed by atoms with Gasteiger partial charge in [0.25, 0.3) is 0 Å². The number of hydrogen-bond donors (Lipinski definition) is 0. The van der Waals surface area contributed by atoms with E-state index in [-0.39, 0.29) is 0 Å². The molecule has 60 valence electrons. The molecule has 0 bridgehead atoms. The van der Waals surface area contributed by atoms with E-state index in [1.165, 1.54) is 0 Å². The molecule has 0 saturated carbocycles. The van der Waals surface area contributed by atoms with Gasteiger partial charge < -0.3 is 0 Å². The van der Waals surface area contributed by atoms with Crippen LogP contribution in [0, 0.1) is 11.8 Å². The minimum absolute atomic E-state index is 0.344. The van der Waals surface area contributed by atoms with E-state index in [0.29, 0.717) is 11.8 Å². The minimum Gasteiger partial charge on any atom is -0.0876 e. The summed E-state index contributed by atoms with van der Waals surface area (Å²) in [4.78, 5) is 0. The Morgan fingerprint density at radius 1 is 0.800 bits per heavy atom. The Bertz CT molecular complexity index is 118. The molecular formula is C8H14Cl2. The van der Waals surface area contributed by atoms with Gasteiger partial charge in [-0.05, 0) is 11.8 Å². The Kier molecular flexibility index (Phi) is 4.39. The normalized spacial score (nSPS) is 14.4.